The zero-order valence-corrected chi connectivity index (χ0v) is 14.2. The van der Waals surface area contributed by atoms with Crippen LogP contribution in [0.5, 0.6) is 0 Å². The summed E-state index contributed by atoms with van der Waals surface area (Å²) in [6.07, 6.45) is 1.21. The number of carbonyl (C=O) groups is 1. The molecule has 24 heavy (non-hydrogen) atoms. The van der Waals surface area contributed by atoms with Crippen molar-refractivity contribution in [2.24, 2.45) is 5.41 Å². The molecule has 6 nitrogen and oxygen atoms in total. The number of aryl methyl sites for hydroxylation is 1. The molecule has 0 radical (unpaired) electrons. The molecule has 0 unspecified atom stereocenters. The predicted molar refractivity (Wildman–Crippen MR) is 91.2 cm³/mol. The maximum Gasteiger partial charge on any atom is 0.233 e. The van der Waals surface area contributed by atoms with Crippen LogP contribution in [-0.4, -0.2) is 46.9 Å². The van der Waals surface area contributed by atoms with E-state index in [0.29, 0.717) is 25.9 Å². The zero-order valence-electron chi connectivity index (χ0n) is 13.4. The Morgan fingerprint density at radius 1 is 1.46 bits per heavy atom. The minimum absolute atomic E-state index is 0.00571. The van der Waals surface area contributed by atoms with Crippen LogP contribution in [0.3, 0.4) is 0 Å². The van der Waals surface area contributed by atoms with Crippen LogP contribution in [0.2, 0.25) is 0 Å². The molecule has 2 aromatic rings. The Morgan fingerprint density at radius 2 is 2.25 bits per heavy atom. The second-order valence-electron chi connectivity index (χ2n) is 7.35. The lowest BCUT2D eigenvalue weighted by Crippen LogP contribution is -2.69. The highest BCUT2D eigenvalue weighted by Crippen LogP contribution is 2.67. The van der Waals surface area contributed by atoms with Gasteiger partial charge in [-0.05, 0) is 38.0 Å². The Balaban J connectivity index is 1.43. The molecule has 3 aliphatic heterocycles. The van der Waals surface area contributed by atoms with Crippen LogP contribution in [0, 0.1) is 12.3 Å². The Hall–Kier alpha value is -1.54. The summed E-state index contributed by atoms with van der Waals surface area (Å²) in [4.78, 5) is 17.5. The lowest BCUT2D eigenvalue weighted by Gasteiger charge is -2.49. The molecule has 1 aliphatic carbocycles. The molecular weight excluding hydrogens is 326 g/mol. The Bertz CT molecular complexity index is 852. The monoisotopic (exact) mass is 345 g/mol. The van der Waals surface area contributed by atoms with Gasteiger partial charge in [0.25, 0.3) is 0 Å². The average molecular weight is 345 g/mol. The lowest BCUT2D eigenvalue weighted by atomic mass is 9.54. The molecule has 4 aliphatic rings. The summed E-state index contributed by atoms with van der Waals surface area (Å²) in [6, 6.07) is 5.82. The van der Waals surface area contributed by atoms with Gasteiger partial charge in [-0.1, -0.05) is 0 Å². The second-order valence-corrected chi connectivity index (χ2v) is 8.58. The van der Waals surface area contributed by atoms with Gasteiger partial charge in [0, 0.05) is 18.8 Å². The summed E-state index contributed by atoms with van der Waals surface area (Å²) in [7, 11) is 0. The highest BCUT2D eigenvalue weighted by molar-refractivity contribution is 7.18. The van der Waals surface area contributed by atoms with Gasteiger partial charge >= 0.3 is 0 Å². The van der Waals surface area contributed by atoms with E-state index in [1.807, 2.05) is 25.1 Å². The third-order valence-electron chi connectivity index (χ3n) is 5.83. The topological polar surface area (TPSA) is 83.5 Å². The quantitative estimate of drug-likeness (QED) is 0.784. The molecule has 1 amide bonds. The minimum atomic E-state index is -0.528. The number of anilines is 1. The van der Waals surface area contributed by atoms with Crippen LogP contribution in [0.15, 0.2) is 18.2 Å². The normalized spacial score (nSPS) is 32.6. The number of benzene rings is 1. The maximum atomic E-state index is 13.1. The number of hydrogen-bond acceptors (Lipinski definition) is 6. The number of nitrogens with one attached hydrogen (secondary N) is 2. The van der Waals surface area contributed by atoms with E-state index in [4.69, 9.17) is 4.74 Å². The molecule has 3 N–H and O–H groups in total. The van der Waals surface area contributed by atoms with E-state index in [0.717, 1.165) is 20.9 Å². The number of aliphatic hydroxyl groups is 1. The highest BCUT2D eigenvalue weighted by atomic mass is 32.1. The van der Waals surface area contributed by atoms with E-state index in [-0.39, 0.29) is 12.5 Å². The van der Waals surface area contributed by atoms with E-state index in [1.165, 1.54) is 0 Å². The first-order valence-corrected chi connectivity index (χ1v) is 9.02. The number of rotatable bonds is 3. The van der Waals surface area contributed by atoms with Gasteiger partial charge in [-0.3, -0.25) is 4.79 Å². The minimum Gasteiger partial charge on any atom is -0.393 e. The number of amides is 1. The summed E-state index contributed by atoms with van der Waals surface area (Å²) < 4.78 is 7.22. The van der Waals surface area contributed by atoms with Crippen LogP contribution >= 0.6 is 11.3 Å². The third kappa shape index (κ3) is 1.70. The molecule has 7 heteroatoms. The van der Waals surface area contributed by atoms with E-state index in [2.05, 4.69) is 15.6 Å². The van der Waals surface area contributed by atoms with Gasteiger partial charge < -0.3 is 20.5 Å². The molecule has 4 heterocycles. The molecule has 4 fully saturated rings. The van der Waals surface area contributed by atoms with Crippen molar-refractivity contribution >= 4 is 33.1 Å². The molecule has 2 bridgehead atoms. The van der Waals surface area contributed by atoms with E-state index in [9.17, 15) is 9.90 Å². The van der Waals surface area contributed by atoms with Gasteiger partial charge in [0.05, 0.1) is 32.8 Å². The van der Waals surface area contributed by atoms with Crippen molar-refractivity contribution in [1.29, 1.82) is 0 Å². The average Bonchev–Trinajstić information content (AvgIpc) is 3.10. The summed E-state index contributed by atoms with van der Waals surface area (Å²) in [6.45, 7) is 3.31. The number of aliphatic hydroxyl groups excluding tert-OH is 1. The fraction of sp³-hybridized carbons (Fsp3) is 0.529. The first-order chi connectivity index (χ1) is 11.5. The molecule has 1 saturated carbocycles. The standard InChI is InChI=1S/C17H19N3O3S/c1-10-19-12-3-2-11(4-13(12)24-10)20-14(22)16-5-15(6-16,9-21)23-17(16)7-18-8-17/h2-4,18,21H,5-9H2,1H3,(H,20,22). The number of carbonyl (C=O) groups excluding carboxylic acids is 1. The van der Waals surface area contributed by atoms with Gasteiger partial charge in [-0.2, -0.15) is 0 Å². The second kappa shape index (κ2) is 4.54. The lowest BCUT2D eigenvalue weighted by molar-refractivity contribution is -0.137. The summed E-state index contributed by atoms with van der Waals surface area (Å²) in [5.41, 5.74) is 0.254. The fourth-order valence-electron chi connectivity index (χ4n) is 4.60. The third-order valence-corrected chi connectivity index (χ3v) is 6.76. The van der Waals surface area contributed by atoms with Crippen molar-refractivity contribution in [2.75, 3.05) is 25.0 Å². The van der Waals surface area contributed by atoms with Crippen molar-refractivity contribution in [3.8, 4) is 0 Å². The molecule has 1 aromatic carbocycles. The first-order valence-electron chi connectivity index (χ1n) is 8.20. The van der Waals surface area contributed by atoms with Gasteiger partial charge in [0.2, 0.25) is 5.91 Å². The SMILES string of the molecule is Cc1nc2ccc(NC(=O)C34CC(CO)(C3)OC43CNC3)cc2s1. The number of ether oxygens (including phenoxy) is 1. The summed E-state index contributed by atoms with van der Waals surface area (Å²) in [5, 5.41) is 17.0. The van der Waals surface area contributed by atoms with Crippen LogP contribution < -0.4 is 10.6 Å². The predicted octanol–water partition coefficient (Wildman–Crippen LogP) is 1.43. The molecule has 0 atom stereocenters. The Kier molecular flexibility index (Phi) is 2.80. The van der Waals surface area contributed by atoms with Crippen LogP contribution in [0.25, 0.3) is 10.2 Å². The molecule has 126 valence electrons. The van der Waals surface area contributed by atoms with E-state index < -0.39 is 16.6 Å². The summed E-state index contributed by atoms with van der Waals surface area (Å²) in [5.74, 6) is 0.00571. The van der Waals surface area contributed by atoms with Crippen molar-refractivity contribution in [1.82, 2.24) is 10.3 Å². The van der Waals surface area contributed by atoms with Crippen LogP contribution in [-0.2, 0) is 9.53 Å². The molecule has 3 saturated heterocycles. The highest BCUT2D eigenvalue weighted by Gasteiger charge is 2.79. The number of fused-ring (bicyclic) bond motifs is 1. The van der Waals surface area contributed by atoms with E-state index in [1.54, 1.807) is 11.3 Å². The van der Waals surface area contributed by atoms with Crippen molar-refractivity contribution < 1.29 is 14.6 Å². The number of nitrogens with zero attached hydrogens (tertiary/aromatic N) is 1. The van der Waals surface area contributed by atoms with Gasteiger partial charge in [0.1, 0.15) is 5.60 Å². The first kappa shape index (κ1) is 14.8. The van der Waals surface area contributed by atoms with Gasteiger partial charge in [0.15, 0.2) is 0 Å². The Labute approximate surface area is 143 Å². The van der Waals surface area contributed by atoms with Crippen LogP contribution in [0.4, 0.5) is 5.69 Å². The molecule has 6 rings (SSSR count). The summed E-state index contributed by atoms with van der Waals surface area (Å²) >= 11 is 1.62. The molecule has 1 aromatic heterocycles. The zero-order chi connectivity index (χ0) is 16.6. The van der Waals surface area contributed by atoms with E-state index >= 15 is 0 Å². The van der Waals surface area contributed by atoms with Crippen molar-refractivity contribution in [3.05, 3.63) is 23.2 Å². The van der Waals surface area contributed by atoms with Gasteiger partial charge in [-0.25, -0.2) is 4.98 Å². The van der Waals surface area contributed by atoms with Gasteiger partial charge in [-0.15, -0.1) is 11.3 Å². The number of hydrogen-bond donors (Lipinski definition) is 3. The van der Waals surface area contributed by atoms with Crippen molar-refractivity contribution in [2.45, 2.75) is 31.0 Å². The number of thiazole rings is 1. The fourth-order valence-corrected chi connectivity index (χ4v) is 5.46. The molecule has 1 spiro atoms. The maximum absolute atomic E-state index is 13.1. The van der Waals surface area contributed by atoms with Crippen molar-refractivity contribution in [3.63, 3.8) is 0 Å². The van der Waals surface area contributed by atoms with Crippen LogP contribution in [0.1, 0.15) is 17.8 Å². The largest absolute Gasteiger partial charge is 0.393 e. The molecular formula is C17H19N3O3S. The Morgan fingerprint density at radius 3 is 2.92 bits per heavy atom. The number of aromatic nitrogens is 1. The smallest absolute Gasteiger partial charge is 0.233 e.